The first-order chi connectivity index (χ1) is 12.8. The van der Waals surface area contributed by atoms with E-state index in [0.29, 0.717) is 10.8 Å². The lowest BCUT2D eigenvalue weighted by Crippen LogP contribution is -2.15. The fourth-order valence-electron chi connectivity index (χ4n) is 2.21. The number of hydrogen-bond donors (Lipinski definition) is 2. The Labute approximate surface area is 161 Å². The van der Waals surface area contributed by atoms with Crippen molar-refractivity contribution in [3.63, 3.8) is 0 Å². The zero-order chi connectivity index (χ0) is 19.4. The zero-order valence-electron chi connectivity index (χ0n) is 14.7. The highest BCUT2D eigenvalue weighted by atomic mass is 32.2. The normalized spacial score (nSPS) is 11.4. The minimum absolute atomic E-state index is 0.000800. The molecular weight excluding hydrogens is 384 g/mol. The summed E-state index contributed by atoms with van der Waals surface area (Å²) in [7, 11) is -3.80. The van der Waals surface area contributed by atoms with Crippen LogP contribution in [0.3, 0.4) is 0 Å². The molecule has 9 heteroatoms. The van der Waals surface area contributed by atoms with Crippen molar-refractivity contribution in [3.8, 4) is 0 Å². The average Bonchev–Trinajstić information content (AvgIpc) is 3.11. The third-order valence-corrected chi connectivity index (χ3v) is 6.11. The van der Waals surface area contributed by atoms with E-state index in [0.717, 1.165) is 5.01 Å². The molecule has 0 saturated heterocycles. The quantitative estimate of drug-likeness (QED) is 0.654. The number of nitrogens with one attached hydrogen (secondary N) is 2. The molecule has 1 heterocycles. The molecule has 0 spiro atoms. The Balaban J connectivity index is 1.78. The van der Waals surface area contributed by atoms with Gasteiger partial charge in [0.15, 0.2) is 0 Å². The molecule has 2 N–H and O–H groups in total. The Morgan fingerprint density at radius 3 is 2.44 bits per heavy atom. The summed E-state index contributed by atoms with van der Waals surface area (Å²) in [5.41, 5.74) is 0.662. The molecule has 7 nitrogen and oxygen atoms in total. The molecule has 0 bridgehead atoms. The summed E-state index contributed by atoms with van der Waals surface area (Å²) in [5.74, 6) is -0.232. The molecule has 0 saturated carbocycles. The summed E-state index contributed by atoms with van der Waals surface area (Å²) in [4.78, 5) is 12.4. The van der Waals surface area contributed by atoms with Crippen molar-refractivity contribution in [1.82, 2.24) is 10.2 Å². The molecule has 1 amide bonds. The van der Waals surface area contributed by atoms with Crippen LogP contribution in [0.1, 0.15) is 35.1 Å². The summed E-state index contributed by atoms with van der Waals surface area (Å²) in [6.45, 7) is 3.97. The molecule has 0 fully saturated rings. The Kier molecular flexibility index (Phi) is 5.52. The second-order valence-electron chi connectivity index (χ2n) is 6.05. The average molecular weight is 403 g/mol. The predicted molar refractivity (Wildman–Crippen MR) is 106 cm³/mol. The van der Waals surface area contributed by atoms with E-state index in [1.165, 1.54) is 29.5 Å². The van der Waals surface area contributed by atoms with Crippen LogP contribution in [0.15, 0.2) is 59.5 Å². The zero-order valence-corrected chi connectivity index (χ0v) is 16.3. The molecule has 0 aliphatic heterocycles. The Morgan fingerprint density at radius 1 is 1.04 bits per heavy atom. The number of sulfonamides is 1. The van der Waals surface area contributed by atoms with E-state index in [1.807, 2.05) is 13.8 Å². The van der Waals surface area contributed by atoms with Crippen molar-refractivity contribution in [3.05, 3.63) is 65.2 Å². The topological polar surface area (TPSA) is 101 Å². The van der Waals surface area contributed by atoms with Gasteiger partial charge < -0.3 is 0 Å². The summed E-state index contributed by atoms with van der Waals surface area (Å²) in [6.07, 6.45) is 0. The third-order valence-electron chi connectivity index (χ3n) is 3.59. The minimum Gasteiger partial charge on any atom is -0.296 e. The first-order valence-electron chi connectivity index (χ1n) is 8.18. The minimum atomic E-state index is -3.80. The summed E-state index contributed by atoms with van der Waals surface area (Å²) in [6, 6.07) is 14.4. The number of para-hydroxylation sites is 1. The van der Waals surface area contributed by atoms with Crippen LogP contribution in [0.5, 0.6) is 0 Å². The van der Waals surface area contributed by atoms with E-state index in [9.17, 15) is 13.2 Å². The molecule has 0 unspecified atom stereocenters. The van der Waals surface area contributed by atoms with Crippen molar-refractivity contribution in [1.29, 1.82) is 0 Å². The number of carbonyl (C=O) groups excluding carboxylic acids is 1. The van der Waals surface area contributed by atoms with Crippen LogP contribution in [0.4, 0.5) is 10.8 Å². The van der Waals surface area contributed by atoms with Crippen molar-refractivity contribution in [2.45, 2.75) is 24.7 Å². The number of anilines is 2. The van der Waals surface area contributed by atoms with Crippen molar-refractivity contribution in [2.24, 2.45) is 0 Å². The maximum atomic E-state index is 12.5. The molecule has 0 atom stereocenters. The number of amides is 1. The van der Waals surface area contributed by atoms with Crippen LogP contribution in [0.25, 0.3) is 0 Å². The Morgan fingerprint density at radius 2 is 1.78 bits per heavy atom. The highest BCUT2D eigenvalue weighted by Crippen LogP contribution is 2.23. The summed E-state index contributed by atoms with van der Waals surface area (Å²) < 4.78 is 27.6. The number of hydrogen-bond acceptors (Lipinski definition) is 6. The van der Waals surface area contributed by atoms with Gasteiger partial charge in [-0.2, -0.15) is 0 Å². The molecule has 3 rings (SSSR count). The SMILES string of the molecule is CC(C)c1nnc(NC(=O)c2cccc(S(=O)(=O)Nc3ccccc3)c2)s1. The molecule has 2 aromatic carbocycles. The monoisotopic (exact) mass is 402 g/mol. The first kappa shape index (κ1) is 19.0. The van der Waals surface area contributed by atoms with Gasteiger partial charge in [0, 0.05) is 17.2 Å². The molecule has 3 aromatic rings. The highest BCUT2D eigenvalue weighted by molar-refractivity contribution is 7.92. The number of carbonyl (C=O) groups is 1. The smallest absolute Gasteiger partial charge is 0.261 e. The van der Waals surface area contributed by atoms with Crippen molar-refractivity contribution < 1.29 is 13.2 Å². The van der Waals surface area contributed by atoms with Gasteiger partial charge in [0.1, 0.15) is 5.01 Å². The lowest BCUT2D eigenvalue weighted by molar-refractivity contribution is 0.102. The molecule has 0 aliphatic rings. The van der Waals surface area contributed by atoms with E-state index >= 15 is 0 Å². The highest BCUT2D eigenvalue weighted by Gasteiger charge is 2.17. The molecule has 1 aromatic heterocycles. The molecule has 140 valence electrons. The fourth-order valence-corrected chi connectivity index (χ4v) is 4.06. The molecule has 0 aliphatic carbocycles. The number of nitrogens with zero attached hydrogens (tertiary/aromatic N) is 2. The van der Waals surface area contributed by atoms with Gasteiger partial charge in [-0.15, -0.1) is 10.2 Å². The Bertz CT molecular complexity index is 1050. The van der Waals surface area contributed by atoms with Crippen LogP contribution in [-0.2, 0) is 10.0 Å². The van der Waals surface area contributed by atoms with E-state index < -0.39 is 15.9 Å². The van der Waals surface area contributed by atoms with Crippen molar-refractivity contribution >= 4 is 38.1 Å². The van der Waals surface area contributed by atoms with Gasteiger partial charge in [-0.05, 0) is 30.3 Å². The fraction of sp³-hybridized carbons (Fsp3) is 0.167. The van der Waals surface area contributed by atoms with E-state index in [2.05, 4.69) is 20.2 Å². The lowest BCUT2D eigenvalue weighted by Gasteiger charge is -2.09. The van der Waals surface area contributed by atoms with Gasteiger partial charge in [-0.1, -0.05) is 49.4 Å². The first-order valence-corrected chi connectivity index (χ1v) is 10.5. The van der Waals surface area contributed by atoms with Crippen LogP contribution >= 0.6 is 11.3 Å². The molecule has 27 heavy (non-hydrogen) atoms. The number of rotatable bonds is 6. The van der Waals surface area contributed by atoms with Gasteiger partial charge in [-0.3, -0.25) is 14.8 Å². The lowest BCUT2D eigenvalue weighted by atomic mass is 10.2. The van der Waals surface area contributed by atoms with Gasteiger partial charge in [0.05, 0.1) is 4.90 Å². The van der Waals surface area contributed by atoms with E-state index in [4.69, 9.17) is 0 Å². The second kappa shape index (κ2) is 7.85. The van der Waals surface area contributed by atoms with Crippen LogP contribution in [0.2, 0.25) is 0 Å². The van der Waals surface area contributed by atoms with Gasteiger partial charge in [0.2, 0.25) is 5.13 Å². The largest absolute Gasteiger partial charge is 0.296 e. The standard InChI is InChI=1S/C18H18N4O3S2/c1-12(2)17-20-21-18(26-17)19-16(23)13-7-6-10-15(11-13)27(24,25)22-14-8-4-3-5-9-14/h3-12,22H,1-2H3,(H,19,21,23). The van der Waals surface area contributed by atoms with Gasteiger partial charge in [-0.25, -0.2) is 8.42 Å². The molecular formula is C18H18N4O3S2. The van der Waals surface area contributed by atoms with Gasteiger partial charge >= 0.3 is 0 Å². The second-order valence-corrected chi connectivity index (χ2v) is 8.75. The van der Waals surface area contributed by atoms with E-state index in [1.54, 1.807) is 36.4 Å². The van der Waals surface area contributed by atoms with Crippen LogP contribution in [0, 0.1) is 0 Å². The van der Waals surface area contributed by atoms with Crippen LogP contribution < -0.4 is 10.0 Å². The van der Waals surface area contributed by atoms with Gasteiger partial charge in [0.25, 0.3) is 15.9 Å². The predicted octanol–water partition coefficient (Wildman–Crippen LogP) is 3.71. The van der Waals surface area contributed by atoms with Crippen LogP contribution in [-0.4, -0.2) is 24.5 Å². The summed E-state index contributed by atoms with van der Waals surface area (Å²) in [5, 5.41) is 11.8. The maximum Gasteiger partial charge on any atom is 0.261 e. The number of benzene rings is 2. The third kappa shape index (κ3) is 4.69. The number of aromatic nitrogens is 2. The van der Waals surface area contributed by atoms with E-state index in [-0.39, 0.29) is 16.4 Å². The maximum absolute atomic E-state index is 12.5. The summed E-state index contributed by atoms with van der Waals surface area (Å²) >= 11 is 1.29. The molecule has 0 radical (unpaired) electrons. The van der Waals surface area contributed by atoms with Crippen molar-refractivity contribution in [2.75, 3.05) is 10.0 Å². The Hall–Kier alpha value is -2.78.